The zero-order chi connectivity index (χ0) is 29.3. The van der Waals surface area contributed by atoms with E-state index in [1.165, 1.54) is 43.9 Å². The molecular formula is C27H32ClF3N6O3. The van der Waals surface area contributed by atoms with Crippen LogP contribution in [0.4, 0.5) is 19.0 Å². The van der Waals surface area contributed by atoms with Gasteiger partial charge in [0.1, 0.15) is 11.1 Å². The first-order valence-corrected chi connectivity index (χ1v) is 13.5. The fourth-order valence-electron chi connectivity index (χ4n) is 4.93. The topological polar surface area (TPSA) is 122 Å². The number of aromatic nitrogens is 2. The fraction of sp³-hybridized carbons (Fsp3) is 0.519. The van der Waals surface area contributed by atoms with Crippen LogP contribution < -0.4 is 10.4 Å². The van der Waals surface area contributed by atoms with Crippen LogP contribution >= 0.6 is 11.6 Å². The Balaban J connectivity index is 0.000000559. The van der Waals surface area contributed by atoms with E-state index in [1.54, 1.807) is 5.01 Å². The van der Waals surface area contributed by atoms with Crippen molar-refractivity contribution in [3.8, 4) is 6.07 Å². The van der Waals surface area contributed by atoms with Gasteiger partial charge in [0.15, 0.2) is 5.82 Å². The number of rotatable bonds is 7. The summed E-state index contributed by atoms with van der Waals surface area (Å²) in [6.45, 7) is 0.883. The minimum absolute atomic E-state index is 0.0260. The van der Waals surface area contributed by atoms with Crippen LogP contribution in [0.2, 0.25) is 5.02 Å². The van der Waals surface area contributed by atoms with Crippen molar-refractivity contribution in [3.63, 3.8) is 0 Å². The van der Waals surface area contributed by atoms with Crippen molar-refractivity contribution in [2.75, 3.05) is 12.1 Å². The molecule has 13 heteroatoms. The van der Waals surface area contributed by atoms with E-state index in [1.807, 2.05) is 30.3 Å². The van der Waals surface area contributed by atoms with Gasteiger partial charge in [-0.3, -0.25) is 20.1 Å². The van der Waals surface area contributed by atoms with Crippen LogP contribution in [0.25, 0.3) is 0 Å². The molecule has 2 aromatic rings. The molecule has 0 bridgehead atoms. The van der Waals surface area contributed by atoms with Gasteiger partial charge in [-0.05, 0) is 50.4 Å². The number of nitrogens with one attached hydrogen (secondary N) is 1. The number of carbonyl (C=O) groups excluding carboxylic acids is 1. The molecule has 0 radical (unpaired) electrons. The van der Waals surface area contributed by atoms with Crippen LogP contribution in [0.5, 0.6) is 0 Å². The van der Waals surface area contributed by atoms with E-state index in [-0.39, 0.29) is 17.8 Å². The molecule has 0 unspecified atom stereocenters. The number of nitriles is 1. The molecule has 1 aromatic heterocycles. The van der Waals surface area contributed by atoms with Gasteiger partial charge in [-0.1, -0.05) is 55.8 Å². The van der Waals surface area contributed by atoms with Gasteiger partial charge in [-0.15, -0.1) is 0 Å². The zero-order valence-electron chi connectivity index (χ0n) is 22.1. The highest BCUT2D eigenvalue weighted by Crippen LogP contribution is 2.30. The van der Waals surface area contributed by atoms with E-state index in [9.17, 15) is 23.2 Å². The molecule has 2 fully saturated rings. The Bertz CT molecular complexity index is 1190. The van der Waals surface area contributed by atoms with E-state index in [4.69, 9.17) is 21.5 Å². The number of alkyl halides is 3. The van der Waals surface area contributed by atoms with Gasteiger partial charge in [0.2, 0.25) is 5.82 Å². The van der Waals surface area contributed by atoms with Crippen LogP contribution in [-0.2, 0) is 11.3 Å². The number of hydrogen-bond donors (Lipinski definition) is 2. The number of nitrogens with zero attached hydrogens (tertiary/aromatic N) is 5. The molecule has 0 saturated heterocycles. The van der Waals surface area contributed by atoms with Crippen molar-refractivity contribution < 1.29 is 27.9 Å². The van der Waals surface area contributed by atoms with Gasteiger partial charge in [0.05, 0.1) is 12.2 Å². The second-order valence-electron chi connectivity index (χ2n) is 9.93. The number of aliphatic carboxylic acids is 1. The average molecular weight is 581 g/mol. The Morgan fingerprint density at radius 2 is 1.62 bits per heavy atom. The van der Waals surface area contributed by atoms with Crippen LogP contribution in [0.1, 0.15) is 79.5 Å². The number of benzene rings is 1. The molecule has 2 aliphatic carbocycles. The summed E-state index contributed by atoms with van der Waals surface area (Å²) in [7, 11) is 2.19. The van der Waals surface area contributed by atoms with Crippen molar-refractivity contribution in [2.45, 2.75) is 82.6 Å². The standard InChI is InChI=1S/C25H31ClN6O.C2HF3O2/c1-31(20-7-3-2-4-8-20)17-18-11-13-19(14-12-18)25(33)30-32(21-9-5-6-10-21)24-22(26)16-28-23(15-27)29-24;3-2(4,5)1(6)7/h11-14,16,20-21H,2-10,17H2,1H3,(H,30,33);(H,6,7). The number of anilines is 1. The second-order valence-corrected chi connectivity index (χ2v) is 10.3. The van der Waals surface area contributed by atoms with E-state index >= 15 is 0 Å². The Morgan fingerprint density at radius 1 is 1.07 bits per heavy atom. The lowest BCUT2D eigenvalue weighted by molar-refractivity contribution is -0.192. The largest absolute Gasteiger partial charge is 0.490 e. The molecule has 216 valence electrons. The average Bonchev–Trinajstić information content (AvgIpc) is 3.48. The minimum atomic E-state index is -5.08. The third-order valence-electron chi connectivity index (χ3n) is 7.05. The Kier molecular flexibility index (Phi) is 11.1. The lowest BCUT2D eigenvalue weighted by Crippen LogP contribution is -2.48. The van der Waals surface area contributed by atoms with Crippen LogP contribution in [-0.4, -0.2) is 57.2 Å². The molecule has 40 heavy (non-hydrogen) atoms. The summed E-state index contributed by atoms with van der Waals surface area (Å²) in [5.74, 6) is -2.58. The molecule has 1 amide bonds. The summed E-state index contributed by atoms with van der Waals surface area (Å²) >= 11 is 6.36. The van der Waals surface area contributed by atoms with Crippen molar-refractivity contribution >= 4 is 29.3 Å². The number of carboxylic acids is 1. The molecule has 0 spiro atoms. The molecule has 0 aliphatic heterocycles. The normalized spacial score (nSPS) is 16.1. The summed E-state index contributed by atoms with van der Waals surface area (Å²) < 4.78 is 31.7. The van der Waals surface area contributed by atoms with Crippen LogP contribution in [0.3, 0.4) is 0 Å². The molecule has 4 rings (SSSR count). The summed E-state index contributed by atoms with van der Waals surface area (Å²) in [6.07, 6.45) is 6.86. The first kappa shape index (κ1) is 31.1. The predicted molar refractivity (Wildman–Crippen MR) is 142 cm³/mol. The van der Waals surface area contributed by atoms with Gasteiger partial charge in [-0.25, -0.2) is 9.78 Å². The third kappa shape index (κ3) is 8.79. The fourth-order valence-corrected chi connectivity index (χ4v) is 5.12. The molecule has 0 atom stereocenters. The number of hydrazine groups is 1. The van der Waals surface area contributed by atoms with Gasteiger partial charge >= 0.3 is 12.1 Å². The van der Waals surface area contributed by atoms with E-state index in [0.29, 0.717) is 22.4 Å². The monoisotopic (exact) mass is 580 g/mol. The van der Waals surface area contributed by atoms with E-state index in [0.717, 1.165) is 32.2 Å². The molecule has 9 nitrogen and oxygen atoms in total. The minimum Gasteiger partial charge on any atom is -0.475 e. The lowest BCUT2D eigenvalue weighted by Gasteiger charge is -2.31. The Morgan fingerprint density at radius 3 is 2.17 bits per heavy atom. The molecule has 2 saturated carbocycles. The maximum atomic E-state index is 13.1. The van der Waals surface area contributed by atoms with E-state index < -0.39 is 12.1 Å². The van der Waals surface area contributed by atoms with Crippen LogP contribution in [0, 0.1) is 11.3 Å². The van der Waals surface area contributed by atoms with Gasteiger partial charge < -0.3 is 5.11 Å². The smallest absolute Gasteiger partial charge is 0.475 e. The molecular weight excluding hydrogens is 549 g/mol. The highest BCUT2D eigenvalue weighted by Gasteiger charge is 2.38. The zero-order valence-corrected chi connectivity index (χ0v) is 22.9. The van der Waals surface area contributed by atoms with Gasteiger partial charge in [0.25, 0.3) is 5.91 Å². The van der Waals surface area contributed by atoms with Crippen molar-refractivity contribution in [1.82, 2.24) is 20.3 Å². The van der Waals surface area contributed by atoms with Crippen LogP contribution in [0.15, 0.2) is 30.5 Å². The van der Waals surface area contributed by atoms with Crippen molar-refractivity contribution in [2.24, 2.45) is 0 Å². The Hall–Kier alpha value is -3.43. The number of carbonyl (C=O) groups is 2. The summed E-state index contributed by atoms with van der Waals surface area (Å²) in [4.78, 5) is 32.6. The maximum Gasteiger partial charge on any atom is 0.490 e. The van der Waals surface area contributed by atoms with Crippen molar-refractivity contribution in [3.05, 3.63) is 52.4 Å². The first-order valence-electron chi connectivity index (χ1n) is 13.1. The predicted octanol–water partition coefficient (Wildman–Crippen LogP) is 5.49. The SMILES string of the molecule is CN(Cc1ccc(C(=O)NN(c2nc(C#N)ncc2Cl)C2CCCC2)cc1)C1CCCCC1.O=C(O)C(F)(F)F. The lowest BCUT2D eigenvalue weighted by atomic mass is 9.94. The first-order chi connectivity index (χ1) is 19.0. The number of carboxylic acid groups (broad SMARTS) is 1. The second kappa shape index (κ2) is 14.3. The molecule has 1 aromatic carbocycles. The summed E-state index contributed by atoms with van der Waals surface area (Å²) in [5.41, 5.74) is 4.77. The molecule has 2 N–H and O–H groups in total. The molecule has 2 aliphatic rings. The Labute approximate surface area is 235 Å². The van der Waals surface area contributed by atoms with E-state index in [2.05, 4.69) is 27.3 Å². The van der Waals surface area contributed by atoms with Gasteiger partial charge in [-0.2, -0.15) is 23.4 Å². The highest BCUT2D eigenvalue weighted by molar-refractivity contribution is 6.32. The summed E-state index contributed by atoms with van der Waals surface area (Å²) in [6, 6.07) is 10.5. The number of amides is 1. The summed E-state index contributed by atoms with van der Waals surface area (Å²) in [5, 5.41) is 18.4. The number of halogens is 4. The van der Waals surface area contributed by atoms with Gasteiger partial charge in [0, 0.05) is 18.2 Å². The molecule has 1 heterocycles. The quantitative estimate of drug-likeness (QED) is 0.412. The maximum absolute atomic E-state index is 13.1. The third-order valence-corrected chi connectivity index (χ3v) is 7.32. The number of hydrogen-bond acceptors (Lipinski definition) is 7. The highest BCUT2D eigenvalue weighted by atomic mass is 35.5. The van der Waals surface area contributed by atoms with Crippen molar-refractivity contribution in [1.29, 1.82) is 5.26 Å².